The van der Waals surface area contributed by atoms with Gasteiger partial charge in [-0.15, -0.1) is 0 Å². The number of amides is 4. The summed E-state index contributed by atoms with van der Waals surface area (Å²) in [7, 11) is 0. The fourth-order valence-electron chi connectivity index (χ4n) is 4.35. The van der Waals surface area contributed by atoms with Crippen molar-refractivity contribution in [3.8, 4) is 0 Å². The number of carboxylic acid groups (broad SMARTS) is 1. The highest BCUT2D eigenvalue weighted by molar-refractivity contribution is 5.85. The minimum absolute atomic E-state index is 0.0372. The van der Waals surface area contributed by atoms with Gasteiger partial charge in [-0.2, -0.15) is 0 Å². The molecule has 0 aromatic carbocycles. The molecule has 0 radical (unpaired) electrons. The summed E-state index contributed by atoms with van der Waals surface area (Å²) in [5.41, 5.74) is 5.25. The second-order valence-corrected chi connectivity index (χ2v) is 10.7. The number of primary amides is 1. The largest absolute Gasteiger partial charge is 0.481 e. The smallest absolute Gasteiger partial charge is 0.303 e. The molecule has 0 aliphatic carbocycles. The van der Waals surface area contributed by atoms with Crippen LogP contribution in [0, 0.1) is 0 Å². The van der Waals surface area contributed by atoms with E-state index in [4.69, 9.17) is 20.3 Å². The van der Waals surface area contributed by atoms with Crippen molar-refractivity contribution in [3.63, 3.8) is 0 Å². The Morgan fingerprint density at radius 3 is 1.71 bits per heavy atom. The summed E-state index contributed by atoms with van der Waals surface area (Å²) in [5, 5.41) is 16.7. The average molecular weight is 601 g/mol. The van der Waals surface area contributed by atoms with Gasteiger partial charge in [0.15, 0.2) is 0 Å². The number of hydrogen-bond donors (Lipinski definition) is 5. The van der Waals surface area contributed by atoms with Crippen LogP contribution in [0.15, 0.2) is 0 Å². The summed E-state index contributed by atoms with van der Waals surface area (Å²) in [6.07, 6.45) is 15.9. The van der Waals surface area contributed by atoms with Gasteiger partial charge in [0.1, 0.15) is 12.6 Å². The van der Waals surface area contributed by atoms with E-state index in [9.17, 15) is 24.0 Å². The van der Waals surface area contributed by atoms with Crippen LogP contribution in [0.1, 0.15) is 116 Å². The van der Waals surface area contributed by atoms with Crippen molar-refractivity contribution < 1.29 is 38.6 Å². The SMILES string of the molecule is CC(=O)N[C@@H](CCCCNC(=O)COCCOCCNC(=O)CCCCCCCCCCCCCCC(=O)O)C(N)=O. The van der Waals surface area contributed by atoms with Crippen molar-refractivity contribution in [1.29, 1.82) is 0 Å². The van der Waals surface area contributed by atoms with E-state index in [1.165, 1.54) is 45.4 Å². The fourth-order valence-corrected chi connectivity index (χ4v) is 4.35. The minimum atomic E-state index is -0.701. The van der Waals surface area contributed by atoms with Gasteiger partial charge in [-0.05, 0) is 32.1 Å². The topological polar surface area (TPSA) is 186 Å². The third-order valence-electron chi connectivity index (χ3n) is 6.68. The molecule has 0 aromatic heterocycles. The third-order valence-corrected chi connectivity index (χ3v) is 6.68. The Morgan fingerprint density at radius 2 is 1.17 bits per heavy atom. The zero-order valence-corrected chi connectivity index (χ0v) is 25.7. The molecule has 244 valence electrons. The first-order valence-corrected chi connectivity index (χ1v) is 15.7. The lowest BCUT2D eigenvalue weighted by molar-refractivity contribution is -0.137. The maximum absolute atomic E-state index is 11.9. The van der Waals surface area contributed by atoms with Crippen LogP contribution in [-0.4, -0.2) is 80.3 Å². The van der Waals surface area contributed by atoms with Crippen LogP contribution in [0.5, 0.6) is 0 Å². The quantitative estimate of drug-likeness (QED) is 0.0779. The number of hydrogen-bond acceptors (Lipinski definition) is 7. The van der Waals surface area contributed by atoms with Gasteiger partial charge in [-0.25, -0.2) is 0 Å². The van der Waals surface area contributed by atoms with Gasteiger partial charge < -0.3 is 36.3 Å². The van der Waals surface area contributed by atoms with Crippen molar-refractivity contribution in [1.82, 2.24) is 16.0 Å². The molecule has 0 fully saturated rings. The molecule has 12 heteroatoms. The van der Waals surface area contributed by atoms with Crippen LogP contribution in [0.4, 0.5) is 0 Å². The van der Waals surface area contributed by atoms with Gasteiger partial charge in [0.05, 0.1) is 19.8 Å². The highest BCUT2D eigenvalue weighted by atomic mass is 16.5. The van der Waals surface area contributed by atoms with E-state index in [-0.39, 0.29) is 37.4 Å². The normalized spacial score (nSPS) is 11.5. The Labute approximate surface area is 251 Å². The number of aliphatic carboxylic acids is 1. The Morgan fingerprint density at radius 1 is 0.643 bits per heavy atom. The standard InChI is InChI=1S/C30H56N4O8/c1-25(35)34-26(30(31)40)16-14-15-19-32-28(37)24-42-23-22-41-21-20-33-27(36)17-12-10-8-6-4-2-3-5-7-9-11-13-18-29(38)39/h26H,2-24H2,1H3,(H2,31,40)(H,32,37)(H,33,36)(H,34,35)(H,38,39)/t26-/m0/s1. The third kappa shape index (κ3) is 28.8. The predicted molar refractivity (Wildman–Crippen MR) is 161 cm³/mol. The predicted octanol–water partition coefficient (Wildman–Crippen LogP) is 2.96. The number of ether oxygens (including phenoxy) is 2. The Bertz CT molecular complexity index is 751. The van der Waals surface area contributed by atoms with E-state index in [0.717, 1.165) is 38.5 Å². The molecule has 1 atom stereocenters. The van der Waals surface area contributed by atoms with Crippen molar-refractivity contribution in [2.75, 3.05) is 39.5 Å². The zero-order chi connectivity index (χ0) is 31.3. The number of carbonyl (C=O) groups is 5. The second kappa shape index (κ2) is 28.4. The monoisotopic (exact) mass is 600 g/mol. The molecule has 0 rings (SSSR count). The summed E-state index contributed by atoms with van der Waals surface area (Å²) in [5.74, 6) is -1.79. The molecular weight excluding hydrogens is 544 g/mol. The first-order valence-electron chi connectivity index (χ1n) is 15.7. The average Bonchev–Trinajstić information content (AvgIpc) is 2.93. The molecule has 0 aliphatic rings. The molecule has 4 amide bonds. The van der Waals surface area contributed by atoms with Crippen molar-refractivity contribution in [3.05, 3.63) is 0 Å². The van der Waals surface area contributed by atoms with Crippen molar-refractivity contribution in [2.45, 2.75) is 122 Å². The molecule has 0 bridgehead atoms. The number of carbonyl (C=O) groups excluding carboxylic acids is 4. The van der Waals surface area contributed by atoms with Gasteiger partial charge in [0, 0.05) is 32.9 Å². The van der Waals surface area contributed by atoms with E-state index >= 15 is 0 Å². The number of carboxylic acids is 1. The van der Waals surface area contributed by atoms with Crippen LogP contribution in [0.3, 0.4) is 0 Å². The second-order valence-electron chi connectivity index (χ2n) is 10.7. The zero-order valence-electron chi connectivity index (χ0n) is 25.7. The summed E-state index contributed by atoms with van der Waals surface area (Å²) in [6.45, 7) is 3.11. The van der Waals surface area contributed by atoms with Gasteiger partial charge in [0.2, 0.25) is 23.6 Å². The molecule has 0 unspecified atom stereocenters. The molecule has 6 N–H and O–H groups in total. The Kier molecular flexibility index (Phi) is 26.5. The van der Waals surface area contributed by atoms with Crippen LogP contribution in [-0.2, 0) is 33.4 Å². The maximum atomic E-state index is 11.9. The molecule has 0 saturated heterocycles. The lowest BCUT2D eigenvalue weighted by Gasteiger charge is -2.14. The van der Waals surface area contributed by atoms with Gasteiger partial charge in [-0.1, -0.05) is 64.2 Å². The molecule has 0 aliphatic heterocycles. The summed E-state index contributed by atoms with van der Waals surface area (Å²) >= 11 is 0. The van der Waals surface area contributed by atoms with Gasteiger partial charge in [0.25, 0.3) is 0 Å². The minimum Gasteiger partial charge on any atom is -0.481 e. The maximum Gasteiger partial charge on any atom is 0.303 e. The molecule has 0 heterocycles. The fraction of sp³-hybridized carbons (Fsp3) is 0.833. The lowest BCUT2D eigenvalue weighted by Crippen LogP contribution is -2.43. The van der Waals surface area contributed by atoms with E-state index in [1.807, 2.05) is 0 Å². The summed E-state index contributed by atoms with van der Waals surface area (Å²) in [6, 6.07) is -0.696. The van der Waals surface area contributed by atoms with Crippen LogP contribution in [0.25, 0.3) is 0 Å². The van der Waals surface area contributed by atoms with Gasteiger partial charge >= 0.3 is 5.97 Å². The molecule has 0 aromatic rings. The number of nitrogens with two attached hydrogens (primary N) is 1. The first kappa shape index (κ1) is 39.3. The molecule has 0 saturated carbocycles. The van der Waals surface area contributed by atoms with E-state index in [2.05, 4.69) is 16.0 Å². The number of unbranched alkanes of at least 4 members (excludes halogenated alkanes) is 12. The van der Waals surface area contributed by atoms with Crippen LogP contribution >= 0.6 is 0 Å². The number of rotatable bonds is 30. The van der Waals surface area contributed by atoms with Crippen LogP contribution in [0.2, 0.25) is 0 Å². The Hall–Kier alpha value is -2.73. The molecule has 12 nitrogen and oxygen atoms in total. The van der Waals surface area contributed by atoms with Crippen molar-refractivity contribution >= 4 is 29.6 Å². The molecular formula is C30H56N4O8. The van der Waals surface area contributed by atoms with Crippen molar-refractivity contribution in [2.24, 2.45) is 5.73 Å². The lowest BCUT2D eigenvalue weighted by atomic mass is 10.0. The van der Waals surface area contributed by atoms with E-state index in [1.54, 1.807) is 0 Å². The number of nitrogens with one attached hydrogen (secondary N) is 3. The highest BCUT2D eigenvalue weighted by Crippen LogP contribution is 2.13. The van der Waals surface area contributed by atoms with E-state index < -0.39 is 17.9 Å². The van der Waals surface area contributed by atoms with Gasteiger partial charge in [-0.3, -0.25) is 24.0 Å². The first-order chi connectivity index (χ1) is 20.2. The molecule has 42 heavy (non-hydrogen) atoms. The molecule has 0 spiro atoms. The van der Waals surface area contributed by atoms with E-state index in [0.29, 0.717) is 52.0 Å². The summed E-state index contributed by atoms with van der Waals surface area (Å²) < 4.78 is 10.7. The van der Waals surface area contributed by atoms with Crippen LogP contribution < -0.4 is 21.7 Å². The summed E-state index contributed by atoms with van der Waals surface area (Å²) in [4.78, 5) is 56.5. The highest BCUT2D eigenvalue weighted by Gasteiger charge is 2.15. The Balaban J connectivity index is 3.39.